The van der Waals surface area contributed by atoms with Gasteiger partial charge in [0.2, 0.25) is 0 Å². The zero-order valence-electron chi connectivity index (χ0n) is 13.4. The van der Waals surface area contributed by atoms with Gasteiger partial charge in [0.1, 0.15) is 16.5 Å². The number of thiazole rings is 1. The van der Waals surface area contributed by atoms with Crippen molar-refractivity contribution in [2.24, 2.45) is 0 Å². The third-order valence-electron chi connectivity index (χ3n) is 3.55. The molecule has 0 aliphatic carbocycles. The molecule has 2 heterocycles. The number of aromatic nitrogens is 2. The molecule has 122 valence electrons. The summed E-state index contributed by atoms with van der Waals surface area (Å²) in [6.45, 7) is 1.90. The number of rotatable bonds is 5. The van der Waals surface area contributed by atoms with Crippen LogP contribution in [-0.2, 0) is 0 Å². The molecule has 24 heavy (non-hydrogen) atoms. The lowest BCUT2D eigenvalue weighted by molar-refractivity contribution is 0.0935. The molecule has 3 aromatic rings. The number of hydrogen-bond acceptors (Lipinski definition) is 5. The molecule has 0 bridgehead atoms. The van der Waals surface area contributed by atoms with E-state index in [-0.39, 0.29) is 11.9 Å². The second-order valence-electron chi connectivity index (χ2n) is 5.22. The molecule has 0 radical (unpaired) electrons. The fourth-order valence-electron chi connectivity index (χ4n) is 2.22. The Morgan fingerprint density at radius 1 is 1.21 bits per heavy atom. The van der Waals surface area contributed by atoms with Gasteiger partial charge in [-0.15, -0.1) is 11.3 Å². The predicted molar refractivity (Wildman–Crippen MR) is 94.2 cm³/mol. The number of carbonyl (C=O) groups is 1. The first-order valence-electron chi connectivity index (χ1n) is 7.49. The summed E-state index contributed by atoms with van der Waals surface area (Å²) in [6, 6.07) is 13.1. The van der Waals surface area contributed by atoms with Crippen molar-refractivity contribution in [1.82, 2.24) is 15.3 Å². The Labute approximate surface area is 144 Å². The van der Waals surface area contributed by atoms with E-state index >= 15 is 0 Å². The van der Waals surface area contributed by atoms with Gasteiger partial charge in [-0.25, -0.2) is 4.98 Å². The smallest absolute Gasteiger partial charge is 0.271 e. The van der Waals surface area contributed by atoms with Gasteiger partial charge in [-0.1, -0.05) is 6.07 Å². The number of nitrogens with one attached hydrogen (secondary N) is 1. The van der Waals surface area contributed by atoms with Crippen molar-refractivity contribution in [3.05, 3.63) is 65.4 Å². The molecular weight excluding hydrogens is 322 g/mol. The summed E-state index contributed by atoms with van der Waals surface area (Å²) in [5.41, 5.74) is 2.18. The topological polar surface area (TPSA) is 64.1 Å². The highest BCUT2D eigenvalue weighted by Gasteiger charge is 2.15. The van der Waals surface area contributed by atoms with Crippen LogP contribution in [0.4, 0.5) is 0 Å². The standard InChI is InChI=1S/C18H17N3O2S/c1-12(15-5-3-4-10-19-15)20-17(22)16-11-24-18(21-16)13-6-8-14(23-2)9-7-13/h3-12H,1-2H3,(H,20,22)/t12-/m0/s1. The fraction of sp³-hybridized carbons (Fsp3) is 0.167. The summed E-state index contributed by atoms with van der Waals surface area (Å²) >= 11 is 1.44. The number of pyridine rings is 1. The van der Waals surface area contributed by atoms with Crippen molar-refractivity contribution in [2.45, 2.75) is 13.0 Å². The number of hydrogen-bond donors (Lipinski definition) is 1. The average molecular weight is 339 g/mol. The zero-order valence-corrected chi connectivity index (χ0v) is 14.2. The van der Waals surface area contributed by atoms with E-state index in [2.05, 4.69) is 15.3 Å². The van der Waals surface area contributed by atoms with Crippen molar-refractivity contribution in [1.29, 1.82) is 0 Å². The second-order valence-corrected chi connectivity index (χ2v) is 6.07. The number of carbonyl (C=O) groups excluding carboxylic acids is 1. The third-order valence-corrected chi connectivity index (χ3v) is 4.44. The van der Waals surface area contributed by atoms with Gasteiger partial charge in [-0.2, -0.15) is 0 Å². The van der Waals surface area contributed by atoms with Crippen LogP contribution in [0, 0.1) is 0 Å². The highest BCUT2D eigenvalue weighted by atomic mass is 32.1. The molecule has 0 saturated heterocycles. The lowest BCUT2D eigenvalue weighted by Gasteiger charge is -2.11. The molecule has 0 aliphatic heterocycles. The molecule has 1 aromatic carbocycles. The Morgan fingerprint density at radius 3 is 2.67 bits per heavy atom. The second kappa shape index (κ2) is 7.23. The van der Waals surface area contributed by atoms with Gasteiger partial charge in [0.05, 0.1) is 18.8 Å². The SMILES string of the molecule is COc1ccc(-c2nc(C(=O)N[C@@H](C)c3ccccn3)cs2)cc1. The summed E-state index contributed by atoms with van der Waals surface area (Å²) in [5, 5.41) is 5.48. The fourth-order valence-corrected chi connectivity index (χ4v) is 3.03. The Kier molecular flexibility index (Phi) is 4.86. The molecule has 2 aromatic heterocycles. The first-order valence-corrected chi connectivity index (χ1v) is 8.37. The minimum atomic E-state index is -0.204. The van der Waals surface area contributed by atoms with Crippen LogP contribution in [0.2, 0.25) is 0 Å². The molecule has 0 unspecified atom stereocenters. The van der Waals surface area contributed by atoms with E-state index in [1.165, 1.54) is 11.3 Å². The van der Waals surface area contributed by atoms with Crippen LogP contribution >= 0.6 is 11.3 Å². The van der Waals surface area contributed by atoms with E-state index in [1.807, 2.05) is 49.4 Å². The minimum Gasteiger partial charge on any atom is -0.497 e. The van der Waals surface area contributed by atoms with Gasteiger partial charge in [-0.05, 0) is 43.3 Å². The van der Waals surface area contributed by atoms with Gasteiger partial charge < -0.3 is 10.1 Å². The maximum atomic E-state index is 12.4. The summed E-state index contributed by atoms with van der Waals surface area (Å²) in [6.07, 6.45) is 1.71. The van der Waals surface area contributed by atoms with Crippen molar-refractivity contribution >= 4 is 17.2 Å². The maximum absolute atomic E-state index is 12.4. The van der Waals surface area contributed by atoms with Crippen LogP contribution in [0.25, 0.3) is 10.6 Å². The van der Waals surface area contributed by atoms with E-state index in [0.29, 0.717) is 5.69 Å². The molecular formula is C18H17N3O2S. The van der Waals surface area contributed by atoms with Gasteiger partial charge in [-0.3, -0.25) is 9.78 Å². The Bertz CT molecular complexity index is 816. The normalized spacial score (nSPS) is 11.8. The van der Waals surface area contributed by atoms with Crippen LogP contribution in [0.15, 0.2) is 54.0 Å². The molecule has 1 atom stereocenters. The largest absolute Gasteiger partial charge is 0.497 e. The molecule has 5 nitrogen and oxygen atoms in total. The average Bonchev–Trinajstić information content (AvgIpc) is 3.13. The van der Waals surface area contributed by atoms with E-state index in [0.717, 1.165) is 22.0 Å². The lowest BCUT2D eigenvalue weighted by atomic mass is 10.2. The first-order chi connectivity index (χ1) is 11.7. The van der Waals surface area contributed by atoms with Crippen LogP contribution in [-0.4, -0.2) is 23.0 Å². The molecule has 0 fully saturated rings. The van der Waals surface area contributed by atoms with Gasteiger partial charge in [0.25, 0.3) is 5.91 Å². The highest BCUT2D eigenvalue weighted by Crippen LogP contribution is 2.25. The zero-order chi connectivity index (χ0) is 16.9. The third kappa shape index (κ3) is 3.60. The molecule has 1 N–H and O–H groups in total. The monoisotopic (exact) mass is 339 g/mol. The lowest BCUT2D eigenvalue weighted by Crippen LogP contribution is -2.27. The highest BCUT2D eigenvalue weighted by molar-refractivity contribution is 7.13. The van der Waals surface area contributed by atoms with Crippen LogP contribution in [0.3, 0.4) is 0 Å². The van der Waals surface area contributed by atoms with Crippen molar-refractivity contribution in [2.75, 3.05) is 7.11 Å². The summed E-state index contributed by atoms with van der Waals surface area (Å²) in [7, 11) is 1.63. The van der Waals surface area contributed by atoms with Crippen molar-refractivity contribution < 1.29 is 9.53 Å². The van der Waals surface area contributed by atoms with E-state index in [4.69, 9.17) is 4.74 Å². The predicted octanol–water partition coefficient (Wildman–Crippen LogP) is 3.70. The Balaban J connectivity index is 1.71. The van der Waals surface area contributed by atoms with E-state index in [1.54, 1.807) is 18.7 Å². The first kappa shape index (κ1) is 16.1. The van der Waals surface area contributed by atoms with E-state index < -0.39 is 0 Å². The Morgan fingerprint density at radius 2 is 2.00 bits per heavy atom. The Hall–Kier alpha value is -2.73. The summed E-state index contributed by atoms with van der Waals surface area (Å²) in [4.78, 5) is 21.0. The van der Waals surface area contributed by atoms with Gasteiger partial charge >= 0.3 is 0 Å². The van der Waals surface area contributed by atoms with Gasteiger partial charge in [0.15, 0.2) is 0 Å². The number of benzene rings is 1. The summed E-state index contributed by atoms with van der Waals surface area (Å²) < 4.78 is 5.15. The molecule has 0 aliphatic rings. The molecule has 6 heteroatoms. The van der Waals surface area contributed by atoms with Crippen LogP contribution in [0.5, 0.6) is 5.75 Å². The van der Waals surface area contributed by atoms with E-state index in [9.17, 15) is 4.79 Å². The van der Waals surface area contributed by atoms with Gasteiger partial charge in [0, 0.05) is 17.1 Å². The van der Waals surface area contributed by atoms with Crippen molar-refractivity contribution in [3.63, 3.8) is 0 Å². The number of amides is 1. The van der Waals surface area contributed by atoms with Crippen LogP contribution in [0.1, 0.15) is 29.1 Å². The number of nitrogens with zero attached hydrogens (tertiary/aromatic N) is 2. The van der Waals surface area contributed by atoms with Crippen molar-refractivity contribution in [3.8, 4) is 16.3 Å². The molecule has 1 amide bonds. The molecule has 3 rings (SSSR count). The quantitative estimate of drug-likeness (QED) is 0.770. The maximum Gasteiger partial charge on any atom is 0.271 e. The molecule has 0 saturated carbocycles. The number of methoxy groups -OCH3 is 1. The minimum absolute atomic E-state index is 0.176. The summed E-state index contributed by atoms with van der Waals surface area (Å²) in [5.74, 6) is 0.585. The number of ether oxygens (including phenoxy) is 1. The van der Waals surface area contributed by atoms with Crippen LogP contribution < -0.4 is 10.1 Å². The molecule has 0 spiro atoms.